The number of hydrogen-bond acceptors (Lipinski definition) is 5. The fourth-order valence-electron chi connectivity index (χ4n) is 1.35. The van der Waals surface area contributed by atoms with Gasteiger partial charge in [0.05, 0.1) is 17.4 Å². The van der Waals surface area contributed by atoms with Crippen LogP contribution in [-0.4, -0.2) is 39.4 Å². The van der Waals surface area contributed by atoms with Crippen LogP contribution in [-0.2, 0) is 19.6 Å². The summed E-state index contributed by atoms with van der Waals surface area (Å²) in [5.41, 5.74) is 0. The molecule has 1 unspecified atom stereocenters. The van der Waals surface area contributed by atoms with E-state index in [-0.39, 0.29) is 10.8 Å². The quantitative estimate of drug-likeness (QED) is 0.778. The molecular weight excluding hydrogens is 298 g/mol. The van der Waals surface area contributed by atoms with Gasteiger partial charge in [0.2, 0.25) is 0 Å². The van der Waals surface area contributed by atoms with Gasteiger partial charge in [0.1, 0.15) is 4.21 Å². The Kier molecular flexibility index (Phi) is 5.15. The molecule has 1 aromatic heterocycles. The molecule has 1 heterocycles. The lowest BCUT2D eigenvalue weighted by atomic mass is 10.2. The maximum atomic E-state index is 12.1. The third-order valence-electron chi connectivity index (χ3n) is 2.35. The first kappa shape index (κ1) is 15.4. The molecule has 0 radical (unpaired) electrons. The Hall–Kier alpha value is -0.630. The van der Waals surface area contributed by atoms with Gasteiger partial charge in [-0.3, -0.25) is 4.79 Å². The minimum Gasteiger partial charge on any atom is -0.469 e. The van der Waals surface area contributed by atoms with Crippen molar-refractivity contribution in [3.8, 4) is 0 Å². The van der Waals surface area contributed by atoms with E-state index in [1.165, 1.54) is 26.3 Å². The maximum Gasteiger partial charge on any atom is 0.309 e. The van der Waals surface area contributed by atoms with Crippen molar-refractivity contribution < 1.29 is 17.9 Å². The molecule has 0 saturated heterocycles. The number of nitrogens with zero attached hydrogens (tertiary/aromatic N) is 1. The lowest BCUT2D eigenvalue weighted by Crippen LogP contribution is -2.33. The Labute approximate surface area is 115 Å². The number of carbonyl (C=O) groups is 1. The molecule has 0 fully saturated rings. The largest absolute Gasteiger partial charge is 0.469 e. The molecular formula is C10H14ClNO4S2. The molecule has 1 aromatic rings. The Balaban J connectivity index is 2.83. The van der Waals surface area contributed by atoms with E-state index in [4.69, 9.17) is 11.6 Å². The van der Waals surface area contributed by atoms with Gasteiger partial charge in [-0.2, -0.15) is 4.31 Å². The van der Waals surface area contributed by atoms with Gasteiger partial charge in [0.15, 0.2) is 0 Å². The molecule has 8 heteroatoms. The fourth-order valence-corrected chi connectivity index (χ4v) is 4.30. The highest BCUT2D eigenvalue weighted by atomic mass is 35.5. The van der Waals surface area contributed by atoms with E-state index in [0.717, 1.165) is 15.6 Å². The molecule has 0 aliphatic heterocycles. The Morgan fingerprint density at radius 1 is 1.56 bits per heavy atom. The number of hydrogen-bond donors (Lipinski definition) is 0. The summed E-state index contributed by atoms with van der Waals surface area (Å²) in [5.74, 6) is -0.966. The van der Waals surface area contributed by atoms with Crippen LogP contribution in [0.5, 0.6) is 0 Å². The first-order valence-electron chi connectivity index (χ1n) is 5.08. The third kappa shape index (κ3) is 3.44. The van der Waals surface area contributed by atoms with E-state index in [0.29, 0.717) is 4.34 Å². The first-order chi connectivity index (χ1) is 8.28. The minimum absolute atomic E-state index is 0.0600. The van der Waals surface area contributed by atoms with Gasteiger partial charge in [0, 0.05) is 13.6 Å². The number of carbonyl (C=O) groups excluding carboxylic acids is 1. The molecule has 0 saturated carbocycles. The molecule has 18 heavy (non-hydrogen) atoms. The molecule has 0 N–H and O–H groups in total. The number of sulfonamides is 1. The summed E-state index contributed by atoms with van der Waals surface area (Å²) in [7, 11) is -0.906. The standard InChI is InChI=1S/C10H14ClNO4S2/c1-7(10(13)16-3)6-12(2)18(14,15)9-5-4-8(11)17-9/h4-5,7H,6H2,1-3H3. The van der Waals surface area contributed by atoms with E-state index in [9.17, 15) is 13.2 Å². The van der Waals surface area contributed by atoms with Crippen LogP contribution in [0.15, 0.2) is 16.3 Å². The van der Waals surface area contributed by atoms with Crippen molar-refractivity contribution >= 4 is 38.9 Å². The molecule has 1 rings (SSSR count). The molecule has 5 nitrogen and oxygen atoms in total. The van der Waals surface area contributed by atoms with Gasteiger partial charge in [-0.1, -0.05) is 18.5 Å². The summed E-state index contributed by atoms with van der Waals surface area (Å²) in [6.07, 6.45) is 0. The average molecular weight is 312 g/mol. The number of ether oxygens (including phenoxy) is 1. The zero-order chi connectivity index (χ0) is 13.9. The highest BCUT2D eigenvalue weighted by molar-refractivity contribution is 7.91. The normalized spacial score (nSPS) is 13.6. The van der Waals surface area contributed by atoms with Crippen LogP contribution in [0.1, 0.15) is 6.92 Å². The SMILES string of the molecule is COC(=O)C(C)CN(C)S(=O)(=O)c1ccc(Cl)s1. The summed E-state index contributed by atoms with van der Waals surface area (Å²) < 4.78 is 30.5. The number of esters is 1. The summed E-state index contributed by atoms with van der Waals surface area (Å²) >= 11 is 6.70. The van der Waals surface area contributed by atoms with E-state index in [2.05, 4.69) is 4.74 Å². The lowest BCUT2D eigenvalue weighted by Gasteiger charge is -2.19. The molecule has 0 bridgehead atoms. The van der Waals surface area contributed by atoms with Crippen LogP contribution in [0.2, 0.25) is 4.34 Å². The molecule has 0 spiro atoms. The summed E-state index contributed by atoms with van der Waals surface area (Å²) in [5, 5.41) is 0. The first-order valence-corrected chi connectivity index (χ1v) is 7.72. The molecule has 0 aromatic carbocycles. The average Bonchev–Trinajstić information content (AvgIpc) is 2.75. The van der Waals surface area contributed by atoms with Crippen LogP contribution in [0.3, 0.4) is 0 Å². The van der Waals surface area contributed by atoms with Crippen molar-refractivity contribution in [1.82, 2.24) is 4.31 Å². The molecule has 1 atom stereocenters. The van der Waals surface area contributed by atoms with E-state index < -0.39 is 21.9 Å². The number of halogens is 1. The predicted molar refractivity (Wildman–Crippen MR) is 70.3 cm³/mol. The summed E-state index contributed by atoms with van der Waals surface area (Å²) in [4.78, 5) is 11.3. The smallest absolute Gasteiger partial charge is 0.309 e. The van der Waals surface area contributed by atoms with Crippen LogP contribution in [0.4, 0.5) is 0 Å². The lowest BCUT2D eigenvalue weighted by molar-refractivity contribution is -0.144. The van der Waals surface area contributed by atoms with E-state index in [1.54, 1.807) is 6.92 Å². The summed E-state index contributed by atoms with van der Waals surface area (Å²) in [6, 6.07) is 2.97. The van der Waals surface area contributed by atoms with Gasteiger partial charge < -0.3 is 4.74 Å². The zero-order valence-corrected chi connectivity index (χ0v) is 12.6. The Morgan fingerprint density at radius 2 is 2.17 bits per heavy atom. The second-order valence-corrected chi connectivity index (χ2v) is 7.76. The van der Waals surface area contributed by atoms with Gasteiger partial charge >= 0.3 is 5.97 Å². The molecule has 0 amide bonds. The van der Waals surface area contributed by atoms with Crippen LogP contribution >= 0.6 is 22.9 Å². The van der Waals surface area contributed by atoms with Crippen LogP contribution in [0.25, 0.3) is 0 Å². The van der Waals surface area contributed by atoms with Crippen molar-refractivity contribution in [2.24, 2.45) is 5.92 Å². The topological polar surface area (TPSA) is 63.7 Å². The van der Waals surface area contributed by atoms with Crippen molar-refractivity contribution in [1.29, 1.82) is 0 Å². The highest BCUT2D eigenvalue weighted by Crippen LogP contribution is 2.27. The zero-order valence-electron chi connectivity index (χ0n) is 10.2. The number of thiophene rings is 1. The Bertz CT molecular complexity index is 526. The third-order valence-corrected chi connectivity index (χ3v) is 5.87. The van der Waals surface area contributed by atoms with Crippen LogP contribution in [0, 0.1) is 5.92 Å². The highest BCUT2D eigenvalue weighted by Gasteiger charge is 2.26. The number of methoxy groups -OCH3 is 1. The Morgan fingerprint density at radius 3 is 2.61 bits per heavy atom. The monoisotopic (exact) mass is 311 g/mol. The summed E-state index contributed by atoms with van der Waals surface area (Å²) in [6.45, 7) is 1.67. The van der Waals surface area contributed by atoms with Gasteiger partial charge in [-0.25, -0.2) is 8.42 Å². The second-order valence-electron chi connectivity index (χ2n) is 3.77. The molecule has 102 valence electrons. The fraction of sp³-hybridized carbons (Fsp3) is 0.500. The van der Waals surface area contributed by atoms with Crippen LogP contribution < -0.4 is 0 Å². The van der Waals surface area contributed by atoms with Gasteiger partial charge in [-0.15, -0.1) is 11.3 Å². The predicted octanol–water partition coefficient (Wildman–Crippen LogP) is 1.83. The van der Waals surface area contributed by atoms with Crippen molar-refractivity contribution in [2.45, 2.75) is 11.1 Å². The number of rotatable bonds is 5. The van der Waals surface area contributed by atoms with Crippen molar-refractivity contribution in [2.75, 3.05) is 20.7 Å². The second kappa shape index (κ2) is 6.01. The van der Waals surface area contributed by atoms with Gasteiger partial charge in [-0.05, 0) is 12.1 Å². The van der Waals surface area contributed by atoms with Crippen molar-refractivity contribution in [3.63, 3.8) is 0 Å². The maximum absolute atomic E-state index is 12.1. The van der Waals surface area contributed by atoms with E-state index in [1.807, 2.05) is 0 Å². The van der Waals surface area contributed by atoms with Crippen molar-refractivity contribution in [3.05, 3.63) is 16.5 Å². The molecule has 0 aliphatic rings. The van der Waals surface area contributed by atoms with E-state index >= 15 is 0 Å². The molecule has 0 aliphatic carbocycles. The minimum atomic E-state index is -3.60. The van der Waals surface area contributed by atoms with Gasteiger partial charge in [0.25, 0.3) is 10.0 Å².